The molecule has 0 bridgehead atoms. The van der Waals surface area contributed by atoms with E-state index in [1.165, 1.54) is 13.2 Å². The number of phenolic OH excluding ortho intramolecular Hbond substituents is 1. The molecule has 0 aliphatic carbocycles. The largest absolute Gasteiger partial charge is 0.507 e. The number of hydrogen-bond donors (Lipinski definition) is 3. The monoisotopic (exact) mass is 435 g/mol. The van der Waals surface area contributed by atoms with E-state index >= 15 is 0 Å². The zero-order valence-electron chi connectivity index (χ0n) is 17.6. The quantitative estimate of drug-likeness (QED) is 0.396. The number of phenols is 1. The first-order valence-corrected chi connectivity index (χ1v) is 10.1. The third-order valence-electron chi connectivity index (χ3n) is 5.01. The molecule has 1 amide bonds. The third kappa shape index (κ3) is 5.86. The van der Waals surface area contributed by atoms with Crippen LogP contribution in [0.2, 0.25) is 0 Å². The number of benzene rings is 3. The number of amides is 1. The van der Waals surface area contributed by atoms with Crippen molar-refractivity contribution in [2.24, 2.45) is 0 Å². The van der Waals surface area contributed by atoms with Crippen molar-refractivity contribution < 1.29 is 29.3 Å². The number of allylic oxidation sites excluding steroid dienone is 1. The Bertz CT molecular complexity index is 1100. The van der Waals surface area contributed by atoms with Gasteiger partial charge in [-0.1, -0.05) is 54.6 Å². The number of anilines is 1. The predicted octanol–water partition coefficient (Wildman–Crippen LogP) is 5.27. The van der Waals surface area contributed by atoms with Crippen LogP contribution in [0.5, 0.6) is 5.75 Å². The first kappa shape index (κ1) is 22.8. The van der Waals surface area contributed by atoms with Crippen LogP contribution >= 0.6 is 0 Å². The average molecular weight is 435 g/mol. The van der Waals surface area contributed by atoms with Gasteiger partial charge in [-0.3, -0.25) is 5.32 Å². The van der Waals surface area contributed by atoms with Crippen LogP contribution in [-0.2, 0) is 14.3 Å². The number of ether oxygens (including phenoxy) is 2. The van der Waals surface area contributed by atoms with Gasteiger partial charge in [0.15, 0.2) is 6.10 Å². The number of para-hydroxylation sites is 1. The maximum Gasteiger partial charge on any atom is 0.412 e. The van der Waals surface area contributed by atoms with E-state index in [2.05, 4.69) is 5.32 Å². The molecule has 3 rings (SSSR count). The molecule has 7 heteroatoms. The number of hydrogen-bond acceptors (Lipinski definition) is 5. The molecule has 0 saturated heterocycles. The number of carbonyl (C=O) groups excluding carboxylic acids is 1. The van der Waals surface area contributed by atoms with Gasteiger partial charge in [0, 0.05) is 29.8 Å². The maximum atomic E-state index is 12.7. The summed E-state index contributed by atoms with van der Waals surface area (Å²) >= 11 is 0. The van der Waals surface area contributed by atoms with Gasteiger partial charge >= 0.3 is 12.1 Å². The van der Waals surface area contributed by atoms with Gasteiger partial charge in [0.05, 0.1) is 6.10 Å². The fourth-order valence-corrected chi connectivity index (χ4v) is 3.52. The normalized spacial score (nSPS) is 13.0. The molecule has 2 atom stereocenters. The average Bonchev–Trinajstić information content (AvgIpc) is 2.79. The molecule has 3 N–H and O–H groups in total. The highest BCUT2D eigenvalue weighted by Crippen LogP contribution is 2.36. The van der Waals surface area contributed by atoms with E-state index in [4.69, 9.17) is 14.6 Å². The number of fused-ring (bicyclic) bond motifs is 1. The van der Waals surface area contributed by atoms with Crippen molar-refractivity contribution in [2.45, 2.75) is 25.0 Å². The van der Waals surface area contributed by atoms with Gasteiger partial charge in [0.25, 0.3) is 0 Å². The summed E-state index contributed by atoms with van der Waals surface area (Å²) in [5.41, 5.74) is 1.26. The van der Waals surface area contributed by atoms with Crippen molar-refractivity contribution >= 4 is 28.5 Å². The topological polar surface area (TPSA) is 105 Å². The molecule has 0 radical (unpaired) electrons. The molecule has 3 aromatic rings. The van der Waals surface area contributed by atoms with Crippen molar-refractivity contribution in [3.63, 3.8) is 0 Å². The lowest BCUT2D eigenvalue weighted by atomic mass is 9.94. The van der Waals surface area contributed by atoms with Gasteiger partial charge in [-0.05, 0) is 36.4 Å². The lowest BCUT2D eigenvalue weighted by molar-refractivity contribution is -0.131. The number of carboxylic acids is 1. The number of methoxy groups -OCH3 is 1. The molecule has 0 saturated carbocycles. The van der Waals surface area contributed by atoms with Crippen LogP contribution in [0.4, 0.5) is 10.5 Å². The Hall–Kier alpha value is -3.84. The van der Waals surface area contributed by atoms with Crippen molar-refractivity contribution in [3.05, 3.63) is 84.4 Å². The lowest BCUT2D eigenvalue weighted by Gasteiger charge is -2.27. The second-order valence-corrected chi connectivity index (χ2v) is 7.13. The molecule has 0 aromatic heterocycles. The second-order valence-electron chi connectivity index (χ2n) is 7.13. The summed E-state index contributed by atoms with van der Waals surface area (Å²) in [6.45, 7) is 0. The number of aliphatic carboxylic acids is 1. The van der Waals surface area contributed by atoms with Crippen molar-refractivity contribution in [1.82, 2.24) is 0 Å². The Kier molecular flexibility index (Phi) is 7.83. The Morgan fingerprint density at radius 3 is 2.38 bits per heavy atom. The molecule has 3 aromatic carbocycles. The van der Waals surface area contributed by atoms with E-state index in [0.717, 1.165) is 11.5 Å². The molecule has 0 spiro atoms. The zero-order valence-corrected chi connectivity index (χ0v) is 17.6. The molecule has 7 nitrogen and oxygen atoms in total. The van der Waals surface area contributed by atoms with Crippen LogP contribution in [-0.4, -0.2) is 35.5 Å². The van der Waals surface area contributed by atoms with Gasteiger partial charge in [-0.15, -0.1) is 0 Å². The number of nitrogens with one attached hydrogen (secondary N) is 1. The van der Waals surface area contributed by atoms with Crippen LogP contribution in [0.1, 0.15) is 24.5 Å². The van der Waals surface area contributed by atoms with Crippen LogP contribution in [0, 0.1) is 0 Å². The highest BCUT2D eigenvalue weighted by Gasteiger charge is 2.29. The lowest BCUT2D eigenvalue weighted by Crippen LogP contribution is -2.28. The molecule has 0 fully saturated rings. The fraction of sp³-hybridized carbons (Fsp3) is 0.200. The van der Waals surface area contributed by atoms with Crippen LogP contribution < -0.4 is 5.32 Å². The minimum absolute atomic E-state index is 0.121. The summed E-state index contributed by atoms with van der Waals surface area (Å²) in [4.78, 5) is 23.5. The molecule has 32 heavy (non-hydrogen) atoms. The Balaban J connectivity index is 1.92. The summed E-state index contributed by atoms with van der Waals surface area (Å²) in [5.74, 6) is -0.909. The van der Waals surface area contributed by atoms with Crippen molar-refractivity contribution in [2.75, 3.05) is 12.4 Å². The minimum atomic E-state index is -1.03. The van der Waals surface area contributed by atoms with Crippen molar-refractivity contribution in [1.29, 1.82) is 0 Å². The number of carboxylic acid groups (broad SMARTS) is 1. The second kappa shape index (κ2) is 11.0. The Morgan fingerprint density at radius 2 is 1.69 bits per heavy atom. The standard InChI is InChI=1S/C25H25NO6/c1-31-22(13-7-8-14-23(28)29)24(32-25(30)26-17-9-3-2-4-10-17)20-15-16-21(27)19-12-6-5-11-18(19)20/h2-6,8-12,14-16,22,24,27H,7,13H2,1H3,(H,26,30)(H,28,29)/b14-8+/t22-,24-/m1/s1. The summed E-state index contributed by atoms with van der Waals surface area (Å²) in [7, 11) is 1.51. The van der Waals surface area contributed by atoms with Crippen LogP contribution in [0.3, 0.4) is 0 Å². The van der Waals surface area contributed by atoms with Crippen LogP contribution in [0.25, 0.3) is 10.8 Å². The van der Waals surface area contributed by atoms with Gasteiger partial charge < -0.3 is 19.7 Å². The summed E-state index contributed by atoms with van der Waals surface area (Å²) < 4.78 is 11.5. The first-order chi connectivity index (χ1) is 15.5. The SMILES string of the molecule is CO[C@H](CC/C=C/C(=O)O)[C@H](OC(=O)Nc1ccccc1)c1ccc(O)c2ccccc12. The van der Waals surface area contributed by atoms with E-state index < -0.39 is 24.3 Å². The summed E-state index contributed by atoms with van der Waals surface area (Å²) in [6, 6.07) is 19.5. The molecule has 0 aliphatic rings. The van der Waals surface area contributed by atoms with Crippen molar-refractivity contribution in [3.8, 4) is 5.75 Å². The smallest absolute Gasteiger partial charge is 0.412 e. The first-order valence-electron chi connectivity index (χ1n) is 10.1. The highest BCUT2D eigenvalue weighted by molar-refractivity contribution is 5.91. The molecular weight excluding hydrogens is 410 g/mol. The molecule has 0 heterocycles. The third-order valence-corrected chi connectivity index (χ3v) is 5.01. The van der Waals surface area contributed by atoms with E-state index in [-0.39, 0.29) is 5.75 Å². The van der Waals surface area contributed by atoms with Gasteiger partial charge in [0.2, 0.25) is 0 Å². The molecule has 0 aliphatic heterocycles. The molecule has 0 unspecified atom stereocenters. The molecule has 166 valence electrons. The summed E-state index contributed by atoms with van der Waals surface area (Å²) in [5, 5.41) is 23.1. The predicted molar refractivity (Wildman–Crippen MR) is 122 cm³/mol. The fourth-order valence-electron chi connectivity index (χ4n) is 3.52. The van der Waals surface area contributed by atoms with Gasteiger partial charge in [-0.2, -0.15) is 0 Å². The van der Waals surface area contributed by atoms with Gasteiger partial charge in [-0.25, -0.2) is 9.59 Å². The maximum absolute atomic E-state index is 12.7. The summed E-state index contributed by atoms with van der Waals surface area (Å²) in [6.07, 6.45) is 1.43. The number of carbonyl (C=O) groups is 2. The molecular formula is C25H25NO6. The zero-order chi connectivity index (χ0) is 22.9. The van der Waals surface area contributed by atoms with E-state index in [1.54, 1.807) is 42.5 Å². The van der Waals surface area contributed by atoms with E-state index in [0.29, 0.717) is 29.5 Å². The minimum Gasteiger partial charge on any atom is -0.507 e. The number of rotatable bonds is 9. The van der Waals surface area contributed by atoms with E-state index in [9.17, 15) is 14.7 Å². The number of aromatic hydroxyl groups is 1. The highest BCUT2D eigenvalue weighted by atomic mass is 16.6. The Morgan fingerprint density at radius 1 is 1.00 bits per heavy atom. The van der Waals surface area contributed by atoms with Gasteiger partial charge in [0.1, 0.15) is 5.75 Å². The van der Waals surface area contributed by atoms with Crippen LogP contribution in [0.15, 0.2) is 78.9 Å². The Labute approximate surface area is 185 Å². The van der Waals surface area contributed by atoms with E-state index in [1.807, 2.05) is 24.3 Å².